The molecule has 0 saturated heterocycles. The van der Waals surface area contributed by atoms with Gasteiger partial charge in [-0.2, -0.15) is 0 Å². The highest BCUT2D eigenvalue weighted by Gasteiger charge is 1.99. The van der Waals surface area contributed by atoms with Crippen LogP contribution in [0.5, 0.6) is 0 Å². The Bertz CT molecular complexity index is 490. The fourth-order valence-electron chi connectivity index (χ4n) is 1.82. The van der Waals surface area contributed by atoms with Gasteiger partial charge in [0.1, 0.15) is 0 Å². The maximum Gasteiger partial charge on any atom is 0.0951 e. The minimum absolute atomic E-state index is 0. The van der Waals surface area contributed by atoms with E-state index in [1.165, 1.54) is 11.4 Å². The predicted molar refractivity (Wildman–Crippen MR) is 103 cm³/mol. The molecule has 2 rings (SSSR count). The van der Waals surface area contributed by atoms with Crippen LogP contribution in [0, 0.1) is 27.7 Å². The average Bonchev–Trinajstić information content (AvgIpc) is 2.91. The molecule has 2 heterocycles. The maximum atomic E-state index is 5.39. The minimum atomic E-state index is 0. The van der Waals surface area contributed by atoms with Gasteiger partial charge in [0, 0.05) is 37.6 Å². The molecule has 0 aliphatic rings. The van der Waals surface area contributed by atoms with Crippen LogP contribution in [0.2, 0.25) is 0 Å². The van der Waals surface area contributed by atoms with Gasteiger partial charge in [0.15, 0.2) is 0 Å². The van der Waals surface area contributed by atoms with E-state index in [1.54, 1.807) is 0 Å². The third kappa shape index (κ3) is 8.04. The summed E-state index contributed by atoms with van der Waals surface area (Å²) in [6.45, 7) is 11.2. The second-order valence-corrected chi connectivity index (χ2v) is 4.79. The van der Waals surface area contributed by atoms with E-state index in [-0.39, 0.29) is 37.2 Å². The van der Waals surface area contributed by atoms with Crippen molar-refractivity contribution in [2.75, 3.05) is 13.1 Å². The topological polar surface area (TPSA) is 87.7 Å². The standard InChI is InChI=1S/2C7H13N3.3ClH/c2*1-6-7(2)10(4-3-8)5-9-6;;;/h2*5H,3-4,8H2,1-2H3;3*1H. The van der Waals surface area contributed by atoms with Gasteiger partial charge in [-0.1, -0.05) is 0 Å². The second-order valence-electron chi connectivity index (χ2n) is 4.79. The van der Waals surface area contributed by atoms with Crippen molar-refractivity contribution in [1.82, 2.24) is 19.1 Å². The molecule has 9 heteroatoms. The quantitative estimate of drug-likeness (QED) is 0.841. The van der Waals surface area contributed by atoms with E-state index in [9.17, 15) is 0 Å². The summed E-state index contributed by atoms with van der Waals surface area (Å²) in [5, 5.41) is 0. The van der Waals surface area contributed by atoms with E-state index >= 15 is 0 Å². The summed E-state index contributed by atoms with van der Waals surface area (Å²) in [5.74, 6) is 0. The lowest BCUT2D eigenvalue weighted by atomic mass is 10.4. The highest BCUT2D eigenvalue weighted by Crippen LogP contribution is 2.03. The van der Waals surface area contributed by atoms with E-state index in [2.05, 4.69) is 32.9 Å². The van der Waals surface area contributed by atoms with Crippen molar-refractivity contribution < 1.29 is 0 Å². The number of imidazole rings is 2. The molecule has 0 fully saturated rings. The SMILES string of the molecule is Cc1ncn(CCN)c1C.Cc1ncn(CCN)c1C.Cl.Cl.Cl. The van der Waals surface area contributed by atoms with Gasteiger partial charge < -0.3 is 20.6 Å². The molecular weight excluding hydrogens is 359 g/mol. The first kappa shape index (κ1) is 27.1. The van der Waals surface area contributed by atoms with Crippen molar-refractivity contribution in [2.24, 2.45) is 11.5 Å². The summed E-state index contributed by atoms with van der Waals surface area (Å²) in [7, 11) is 0. The normalized spacial score (nSPS) is 8.96. The molecule has 0 aromatic carbocycles. The molecule has 0 bridgehead atoms. The largest absolute Gasteiger partial charge is 0.333 e. The molecule has 0 aliphatic heterocycles. The highest BCUT2D eigenvalue weighted by molar-refractivity contribution is 5.86. The van der Waals surface area contributed by atoms with E-state index in [0.717, 1.165) is 24.5 Å². The molecule has 6 nitrogen and oxygen atoms in total. The predicted octanol–water partition coefficient (Wildman–Crippen LogP) is 2.18. The molecule has 0 unspecified atom stereocenters. The zero-order chi connectivity index (χ0) is 15.1. The number of hydrogen-bond acceptors (Lipinski definition) is 4. The summed E-state index contributed by atoms with van der Waals surface area (Å²) >= 11 is 0. The van der Waals surface area contributed by atoms with Crippen molar-refractivity contribution in [3.8, 4) is 0 Å². The third-order valence-corrected chi connectivity index (χ3v) is 3.43. The van der Waals surface area contributed by atoms with Gasteiger partial charge in [0.2, 0.25) is 0 Å². The fraction of sp³-hybridized carbons (Fsp3) is 0.571. The van der Waals surface area contributed by atoms with Crippen LogP contribution < -0.4 is 11.5 Å². The number of halogens is 3. The van der Waals surface area contributed by atoms with E-state index in [0.29, 0.717) is 13.1 Å². The second kappa shape index (κ2) is 13.6. The number of aromatic nitrogens is 4. The summed E-state index contributed by atoms with van der Waals surface area (Å²) in [5.41, 5.74) is 15.4. The molecule has 0 spiro atoms. The first-order chi connectivity index (χ1) is 9.51. The number of rotatable bonds is 4. The number of hydrogen-bond donors (Lipinski definition) is 2. The van der Waals surface area contributed by atoms with Gasteiger partial charge >= 0.3 is 0 Å². The number of nitrogens with two attached hydrogens (primary N) is 2. The lowest BCUT2D eigenvalue weighted by molar-refractivity contribution is 0.688. The molecule has 136 valence electrons. The van der Waals surface area contributed by atoms with Crippen LogP contribution in [0.15, 0.2) is 12.7 Å². The Balaban J connectivity index is -0.000000308. The zero-order valence-corrected chi connectivity index (χ0v) is 16.6. The number of aryl methyl sites for hydroxylation is 2. The molecule has 2 aromatic rings. The molecule has 0 amide bonds. The van der Waals surface area contributed by atoms with Crippen molar-refractivity contribution >= 4 is 37.2 Å². The Kier molecular flexibility index (Phi) is 16.0. The van der Waals surface area contributed by atoms with Gasteiger partial charge in [0.05, 0.1) is 24.0 Å². The molecule has 23 heavy (non-hydrogen) atoms. The smallest absolute Gasteiger partial charge is 0.0951 e. The van der Waals surface area contributed by atoms with Crippen molar-refractivity contribution in [3.63, 3.8) is 0 Å². The van der Waals surface area contributed by atoms with E-state index < -0.39 is 0 Å². The van der Waals surface area contributed by atoms with Crippen LogP contribution in [0.25, 0.3) is 0 Å². The molecule has 0 atom stereocenters. The summed E-state index contributed by atoms with van der Waals surface area (Å²) in [6.07, 6.45) is 3.66. The molecular formula is C14H29Cl3N6. The lowest BCUT2D eigenvalue weighted by Gasteiger charge is -2.00. The van der Waals surface area contributed by atoms with Crippen LogP contribution in [0.4, 0.5) is 0 Å². The monoisotopic (exact) mass is 386 g/mol. The summed E-state index contributed by atoms with van der Waals surface area (Å²) < 4.78 is 4.13. The van der Waals surface area contributed by atoms with Crippen LogP contribution >= 0.6 is 37.2 Å². The third-order valence-electron chi connectivity index (χ3n) is 3.43. The highest BCUT2D eigenvalue weighted by atomic mass is 35.5. The lowest BCUT2D eigenvalue weighted by Crippen LogP contribution is -2.10. The van der Waals surface area contributed by atoms with Crippen LogP contribution in [-0.2, 0) is 13.1 Å². The van der Waals surface area contributed by atoms with Crippen LogP contribution in [0.3, 0.4) is 0 Å². The maximum absolute atomic E-state index is 5.39. The van der Waals surface area contributed by atoms with E-state index in [1.807, 2.05) is 26.5 Å². The summed E-state index contributed by atoms with van der Waals surface area (Å²) in [6, 6.07) is 0. The molecule has 0 radical (unpaired) electrons. The Morgan fingerprint density at radius 3 is 1.22 bits per heavy atom. The average molecular weight is 388 g/mol. The molecule has 4 N–H and O–H groups in total. The van der Waals surface area contributed by atoms with Crippen LogP contribution in [-0.4, -0.2) is 32.2 Å². The Hall–Kier alpha value is -0.790. The van der Waals surface area contributed by atoms with Gasteiger partial charge in [-0.25, -0.2) is 9.97 Å². The van der Waals surface area contributed by atoms with Gasteiger partial charge in [-0.05, 0) is 27.7 Å². The molecule has 2 aromatic heterocycles. The van der Waals surface area contributed by atoms with Crippen molar-refractivity contribution in [3.05, 3.63) is 35.4 Å². The minimum Gasteiger partial charge on any atom is -0.333 e. The molecule has 0 aliphatic carbocycles. The van der Waals surface area contributed by atoms with Crippen LogP contribution in [0.1, 0.15) is 22.8 Å². The van der Waals surface area contributed by atoms with Crippen molar-refractivity contribution in [1.29, 1.82) is 0 Å². The van der Waals surface area contributed by atoms with Gasteiger partial charge in [-0.3, -0.25) is 0 Å². The first-order valence-corrected chi connectivity index (χ1v) is 6.88. The Morgan fingerprint density at radius 2 is 1.04 bits per heavy atom. The summed E-state index contributed by atoms with van der Waals surface area (Å²) in [4.78, 5) is 8.28. The Morgan fingerprint density at radius 1 is 0.739 bits per heavy atom. The number of nitrogens with zero attached hydrogens (tertiary/aromatic N) is 4. The van der Waals surface area contributed by atoms with Crippen molar-refractivity contribution in [2.45, 2.75) is 40.8 Å². The molecule has 0 saturated carbocycles. The van der Waals surface area contributed by atoms with E-state index in [4.69, 9.17) is 11.5 Å². The fourth-order valence-corrected chi connectivity index (χ4v) is 1.82. The van der Waals surface area contributed by atoms with Gasteiger partial charge in [0.25, 0.3) is 0 Å². The Labute approximate surface area is 157 Å². The zero-order valence-electron chi connectivity index (χ0n) is 14.2. The van der Waals surface area contributed by atoms with Gasteiger partial charge in [-0.15, -0.1) is 37.2 Å². The first-order valence-electron chi connectivity index (χ1n) is 6.88.